The fourth-order valence-corrected chi connectivity index (χ4v) is 6.41. The maximum absolute atomic E-state index is 13.4. The van der Waals surface area contributed by atoms with Gasteiger partial charge in [-0.15, -0.1) is 5.10 Å². The van der Waals surface area contributed by atoms with Gasteiger partial charge in [-0.05, 0) is 47.5 Å². The Morgan fingerprint density at radius 2 is 1.65 bits per heavy atom. The van der Waals surface area contributed by atoms with Gasteiger partial charge < -0.3 is 37.9 Å². The van der Waals surface area contributed by atoms with Crippen molar-refractivity contribution >= 4 is 11.9 Å². The normalized spacial score (nSPS) is 20.7. The van der Waals surface area contributed by atoms with Gasteiger partial charge in [-0.2, -0.15) is 0 Å². The van der Waals surface area contributed by atoms with E-state index in [1.165, 1.54) is 26.0 Å². The van der Waals surface area contributed by atoms with Crippen LogP contribution in [0.5, 0.6) is 34.5 Å². The summed E-state index contributed by atoms with van der Waals surface area (Å²) < 4.78 is 47.1. The summed E-state index contributed by atoms with van der Waals surface area (Å²) in [5, 5.41) is 8.18. The quantitative estimate of drug-likeness (QED) is 0.236. The highest BCUT2D eigenvalue weighted by Gasteiger charge is 2.54. The van der Waals surface area contributed by atoms with Crippen LogP contribution in [0, 0.1) is 11.8 Å². The lowest BCUT2D eigenvalue weighted by molar-refractivity contribution is -0.155. The Bertz CT molecular complexity index is 1750. The third-order valence-electron chi connectivity index (χ3n) is 8.43. The summed E-state index contributed by atoms with van der Waals surface area (Å²) in [5.74, 6) is 0.429. The van der Waals surface area contributed by atoms with Crippen LogP contribution in [0.3, 0.4) is 0 Å². The molecule has 1 aromatic heterocycles. The molecule has 1 aliphatic carbocycles. The van der Waals surface area contributed by atoms with Crippen LogP contribution < -0.4 is 28.4 Å². The lowest BCUT2D eigenvalue weighted by atomic mass is 9.66. The standard InChI is InChI=1S/C33H31N3O10/c1-39-26-9-18(10-27(40-2)32(26)41-3)29-21-11-24-25(45-17-44-24)12-22(21)31(23-16-43-33(38)30(23)29)46-28(37)14-36-13-19(34-35-36)15-42-20-7-5-4-6-8-20/h4-13,23,29-31H,14-17H2,1-3H3/t23-,29+,30-,31-/m0/s1. The molecule has 0 bridgehead atoms. The van der Waals surface area contributed by atoms with E-state index < -0.39 is 35.8 Å². The highest BCUT2D eigenvalue weighted by molar-refractivity contribution is 5.79. The Kier molecular flexibility index (Phi) is 7.73. The number of rotatable bonds is 10. The molecular weight excluding hydrogens is 598 g/mol. The van der Waals surface area contributed by atoms with Gasteiger partial charge in [0.1, 0.15) is 30.7 Å². The molecule has 2 aliphatic heterocycles. The molecule has 4 aromatic rings. The zero-order valence-corrected chi connectivity index (χ0v) is 25.3. The number of para-hydroxylation sites is 1. The number of ether oxygens (including phenoxy) is 8. The second-order valence-corrected chi connectivity index (χ2v) is 11.0. The van der Waals surface area contributed by atoms with Crippen LogP contribution >= 0.6 is 0 Å². The Morgan fingerprint density at radius 1 is 0.935 bits per heavy atom. The smallest absolute Gasteiger partial charge is 0.328 e. The number of carbonyl (C=O) groups excluding carboxylic acids is 2. The minimum absolute atomic E-state index is 0.0506. The number of benzene rings is 3. The molecule has 46 heavy (non-hydrogen) atoms. The molecule has 0 radical (unpaired) electrons. The van der Waals surface area contributed by atoms with E-state index in [0.717, 1.165) is 11.1 Å². The SMILES string of the molecule is COc1cc([C@@H]2c3cc4c(cc3[C@H](OC(=O)Cn3cc(COc5ccccc5)nn3)[C@H]3COC(=O)[C@H]23)OCO4)cc(OC)c1OC. The second-order valence-electron chi connectivity index (χ2n) is 11.0. The summed E-state index contributed by atoms with van der Waals surface area (Å²) in [6.07, 6.45) is 0.818. The largest absolute Gasteiger partial charge is 0.493 e. The van der Waals surface area contributed by atoms with Crippen molar-refractivity contribution in [3.05, 3.63) is 83.2 Å². The number of nitrogens with zero attached hydrogens (tertiary/aromatic N) is 3. The number of fused-ring (bicyclic) bond motifs is 3. The number of esters is 2. The van der Waals surface area contributed by atoms with Crippen molar-refractivity contribution < 1.29 is 47.5 Å². The third kappa shape index (κ3) is 5.27. The molecule has 0 amide bonds. The molecule has 1 saturated heterocycles. The van der Waals surface area contributed by atoms with Gasteiger partial charge in [0, 0.05) is 17.4 Å². The van der Waals surface area contributed by atoms with E-state index in [-0.39, 0.29) is 26.6 Å². The topological polar surface area (TPSA) is 139 Å². The maximum Gasteiger partial charge on any atom is 0.328 e. The van der Waals surface area contributed by atoms with Crippen molar-refractivity contribution in [3.63, 3.8) is 0 Å². The molecule has 7 rings (SSSR count). The van der Waals surface area contributed by atoms with Crippen LogP contribution in [0.4, 0.5) is 0 Å². The van der Waals surface area contributed by atoms with Gasteiger partial charge in [0.25, 0.3) is 0 Å². The van der Waals surface area contributed by atoms with E-state index in [2.05, 4.69) is 10.3 Å². The molecule has 13 heteroatoms. The van der Waals surface area contributed by atoms with Crippen molar-refractivity contribution in [2.45, 2.75) is 25.2 Å². The van der Waals surface area contributed by atoms with Gasteiger partial charge in [-0.1, -0.05) is 23.4 Å². The summed E-state index contributed by atoms with van der Waals surface area (Å²) in [4.78, 5) is 26.8. The Balaban J connectivity index is 1.20. The number of cyclic esters (lactones) is 1. The summed E-state index contributed by atoms with van der Waals surface area (Å²) in [6, 6.07) is 16.6. The van der Waals surface area contributed by atoms with Crippen molar-refractivity contribution in [2.24, 2.45) is 11.8 Å². The fraction of sp³-hybridized carbons (Fsp3) is 0.333. The average molecular weight is 630 g/mol. The fourth-order valence-electron chi connectivity index (χ4n) is 6.41. The highest BCUT2D eigenvalue weighted by Crippen LogP contribution is 2.56. The maximum atomic E-state index is 13.4. The number of hydrogen-bond acceptors (Lipinski definition) is 12. The van der Waals surface area contributed by atoms with Gasteiger partial charge in [0.2, 0.25) is 12.5 Å². The number of methoxy groups -OCH3 is 3. The van der Waals surface area contributed by atoms with Crippen molar-refractivity contribution in [1.82, 2.24) is 15.0 Å². The van der Waals surface area contributed by atoms with Gasteiger partial charge in [0.15, 0.2) is 23.0 Å². The minimum atomic E-state index is -0.809. The van der Waals surface area contributed by atoms with E-state index in [1.54, 1.807) is 6.20 Å². The minimum Gasteiger partial charge on any atom is -0.493 e. The van der Waals surface area contributed by atoms with Crippen molar-refractivity contribution in [3.8, 4) is 34.5 Å². The van der Waals surface area contributed by atoms with Crippen molar-refractivity contribution in [2.75, 3.05) is 34.7 Å². The predicted molar refractivity (Wildman–Crippen MR) is 158 cm³/mol. The highest BCUT2D eigenvalue weighted by atomic mass is 16.7. The first-order valence-corrected chi connectivity index (χ1v) is 14.6. The number of carbonyl (C=O) groups is 2. The average Bonchev–Trinajstić information content (AvgIpc) is 3.83. The Labute approximate surface area is 263 Å². The summed E-state index contributed by atoms with van der Waals surface area (Å²) in [7, 11) is 4.59. The lowest BCUT2D eigenvalue weighted by Gasteiger charge is -2.38. The van der Waals surface area contributed by atoms with E-state index in [4.69, 9.17) is 37.9 Å². The molecule has 0 unspecified atom stereocenters. The molecule has 3 heterocycles. The molecule has 1 fully saturated rings. The van der Waals surface area contributed by atoms with Crippen molar-refractivity contribution in [1.29, 1.82) is 0 Å². The second kappa shape index (κ2) is 12.1. The molecule has 0 N–H and O–H groups in total. The van der Waals surface area contributed by atoms with Gasteiger partial charge in [0.05, 0.1) is 40.1 Å². The Hall–Kier alpha value is -5.46. The summed E-state index contributed by atoms with van der Waals surface area (Å²) >= 11 is 0. The lowest BCUT2D eigenvalue weighted by Crippen LogP contribution is -2.37. The Morgan fingerprint density at radius 3 is 2.35 bits per heavy atom. The van der Waals surface area contributed by atoms with Gasteiger partial charge in [-0.25, -0.2) is 4.68 Å². The molecule has 238 valence electrons. The third-order valence-corrected chi connectivity index (χ3v) is 8.43. The molecule has 4 atom stereocenters. The zero-order valence-electron chi connectivity index (χ0n) is 25.3. The van der Waals surface area contributed by atoms with Gasteiger partial charge in [-0.3, -0.25) is 9.59 Å². The van der Waals surface area contributed by atoms with E-state index in [0.29, 0.717) is 45.8 Å². The number of aromatic nitrogens is 3. The summed E-state index contributed by atoms with van der Waals surface area (Å²) in [5.41, 5.74) is 2.71. The molecular formula is C33H31N3O10. The molecule has 0 saturated carbocycles. The van der Waals surface area contributed by atoms with Crippen LogP contribution in [0.25, 0.3) is 0 Å². The first-order chi connectivity index (χ1) is 22.5. The van der Waals surface area contributed by atoms with E-state index >= 15 is 0 Å². The van der Waals surface area contributed by atoms with Crippen LogP contribution in [0.15, 0.2) is 60.8 Å². The molecule has 0 spiro atoms. The number of hydrogen-bond donors (Lipinski definition) is 0. The summed E-state index contributed by atoms with van der Waals surface area (Å²) in [6.45, 7) is 0.112. The van der Waals surface area contributed by atoms with E-state index in [9.17, 15) is 9.59 Å². The zero-order chi connectivity index (χ0) is 31.8. The first kappa shape index (κ1) is 29.3. The van der Waals surface area contributed by atoms with Crippen LogP contribution in [0.2, 0.25) is 0 Å². The van der Waals surface area contributed by atoms with Crippen LogP contribution in [-0.2, 0) is 32.2 Å². The van der Waals surface area contributed by atoms with Gasteiger partial charge >= 0.3 is 11.9 Å². The van der Waals surface area contributed by atoms with Crippen LogP contribution in [-0.4, -0.2) is 61.7 Å². The molecule has 3 aliphatic rings. The van der Waals surface area contributed by atoms with Crippen LogP contribution in [0.1, 0.15) is 34.4 Å². The molecule has 13 nitrogen and oxygen atoms in total. The first-order valence-electron chi connectivity index (χ1n) is 14.6. The van der Waals surface area contributed by atoms with E-state index in [1.807, 2.05) is 54.6 Å². The molecule has 3 aromatic carbocycles. The monoisotopic (exact) mass is 629 g/mol. The predicted octanol–water partition coefficient (Wildman–Crippen LogP) is 3.83.